The van der Waals surface area contributed by atoms with E-state index in [4.69, 9.17) is 0 Å². The molecular formula is C14H19NO2. The molecule has 0 aliphatic rings. The van der Waals surface area contributed by atoms with Gasteiger partial charge in [0.05, 0.1) is 6.04 Å². The fraction of sp³-hybridized carbons (Fsp3) is 0.429. The Bertz CT molecular complexity index is 373. The maximum absolute atomic E-state index is 11.8. The van der Waals surface area contributed by atoms with E-state index in [2.05, 4.69) is 5.32 Å². The van der Waals surface area contributed by atoms with Crippen molar-refractivity contribution in [1.29, 1.82) is 0 Å². The number of carbonyl (C=O) groups is 2. The first-order valence-corrected chi connectivity index (χ1v) is 6.03. The number of benzene rings is 1. The molecule has 0 saturated carbocycles. The monoisotopic (exact) mass is 233 g/mol. The standard InChI is InChI=1S/C14H19NO2/c1-3-4-10-13(16)11(2)15-14(17)12-8-6-5-7-9-12/h5-9,11H,3-4,10H2,1-2H3,(H,15,17). The van der Waals surface area contributed by atoms with Crippen LogP contribution in [0.5, 0.6) is 0 Å². The van der Waals surface area contributed by atoms with Gasteiger partial charge in [-0.25, -0.2) is 0 Å². The molecule has 0 aromatic heterocycles. The predicted octanol–water partition coefficient (Wildman–Crippen LogP) is 2.56. The van der Waals surface area contributed by atoms with Crippen LogP contribution in [0.15, 0.2) is 30.3 Å². The van der Waals surface area contributed by atoms with E-state index >= 15 is 0 Å². The molecule has 1 N–H and O–H groups in total. The Morgan fingerprint density at radius 3 is 2.47 bits per heavy atom. The molecule has 3 nitrogen and oxygen atoms in total. The van der Waals surface area contributed by atoms with Gasteiger partial charge in [-0.1, -0.05) is 31.5 Å². The Morgan fingerprint density at radius 1 is 1.24 bits per heavy atom. The number of Topliss-reactive ketones (excluding diaryl/α,β-unsaturated/α-hetero) is 1. The Morgan fingerprint density at radius 2 is 1.88 bits per heavy atom. The smallest absolute Gasteiger partial charge is 0.251 e. The van der Waals surface area contributed by atoms with Crippen LogP contribution in [0.25, 0.3) is 0 Å². The van der Waals surface area contributed by atoms with E-state index in [-0.39, 0.29) is 11.7 Å². The zero-order valence-corrected chi connectivity index (χ0v) is 10.4. The SMILES string of the molecule is CCCCC(=O)C(C)NC(=O)c1ccccc1. The van der Waals surface area contributed by atoms with E-state index in [1.807, 2.05) is 13.0 Å². The Kier molecular flexibility index (Phi) is 5.40. The summed E-state index contributed by atoms with van der Waals surface area (Å²) in [6.45, 7) is 3.78. The lowest BCUT2D eigenvalue weighted by molar-refractivity contribution is -0.120. The van der Waals surface area contributed by atoms with E-state index in [0.717, 1.165) is 12.8 Å². The van der Waals surface area contributed by atoms with Crippen LogP contribution >= 0.6 is 0 Å². The average molecular weight is 233 g/mol. The van der Waals surface area contributed by atoms with Crippen molar-refractivity contribution < 1.29 is 9.59 Å². The van der Waals surface area contributed by atoms with Crippen molar-refractivity contribution in [3.63, 3.8) is 0 Å². The first-order valence-electron chi connectivity index (χ1n) is 6.03. The van der Waals surface area contributed by atoms with E-state index in [0.29, 0.717) is 12.0 Å². The van der Waals surface area contributed by atoms with Gasteiger partial charge in [-0.2, -0.15) is 0 Å². The molecule has 17 heavy (non-hydrogen) atoms. The third kappa shape index (κ3) is 4.39. The van der Waals surface area contributed by atoms with E-state index in [1.54, 1.807) is 31.2 Å². The van der Waals surface area contributed by atoms with Crippen LogP contribution < -0.4 is 5.32 Å². The first kappa shape index (κ1) is 13.4. The van der Waals surface area contributed by atoms with E-state index in [1.165, 1.54) is 0 Å². The fourth-order valence-electron chi connectivity index (χ4n) is 1.52. The highest BCUT2D eigenvalue weighted by Crippen LogP contribution is 2.02. The molecule has 1 amide bonds. The summed E-state index contributed by atoms with van der Waals surface area (Å²) in [5.41, 5.74) is 0.586. The second kappa shape index (κ2) is 6.84. The number of carbonyl (C=O) groups excluding carboxylic acids is 2. The number of ketones is 1. The maximum Gasteiger partial charge on any atom is 0.251 e. The predicted molar refractivity (Wildman–Crippen MR) is 67.9 cm³/mol. The summed E-state index contributed by atoms with van der Waals surface area (Å²) in [5, 5.41) is 2.72. The number of nitrogens with one attached hydrogen (secondary N) is 1. The fourth-order valence-corrected chi connectivity index (χ4v) is 1.52. The molecular weight excluding hydrogens is 214 g/mol. The van der Waals surface area contributed by atoms with Crippen LogP contribution in [0.3, 0.4) is 0 Å². The summed E-state index contributed by atoms with van der Waals surface area (Å²) in [4.78, 5) is 23.4. The van der Waals surface area contributed by atoms with Crippen molar-refractivity contribution in [2.24, 2.45) is 0 Å². The van der Waals surface area contributed by atoms with Crippen molar-refractivity contribution in [3.8, 4) is 0 Å². The molecule has 1 aromatic carbocycles. The second-order valence-corrected chi connectivity index (χ2v) is 4.13. The molecule has 0 fully saturated rings. The Balaban J connectivity index is 2.49. The molecule has 0 aliphatic carbocycles. The van der Waals surface area contributed by atoms with Crippen molar-refractivity contribution in [2.75, 3.05) is 0 Å². The lowest BCUT2D eigenvalue weighted by atomic mass is 10.1. The summed E-state index contributed by atoms with van der Waals surface area (Å²) < 4.78 is 0. The molecule has 92 valence electrons. The van der Waals surface area contributed by atoms with Gasteiger partial charge in [-0.3, -0.25) is 9.59 Å². The quantitative estimate of drug-likeness (QED) is 0.820. The number of amides is 1. The van der Waals surface area contributed by atoms with Crippen molar-refractivity contribution >= 4 is 11.7 Å². The molecule has 0 saturated heterocycles. The number of unbranched alkanes of at least 4 members (excludes halogenated alkanes) is 1. The summed E-state index contributed by atoms with van der Waals surface area (Å²) in [6, 6.07) is 8.52. The highest BCUT2D eigenvalue weighted by Gasteiger charge is 2.15. The second-order valence-electron chi connectivity index (χ2n) is 4.13. The molecule has 0 bridgehead atoms. The normalized spacial score (nSPS) is 11.9. The molecule has 1 rings (SSSR count). The largest absolute Gasteiger partial charge is 0.343 e. The van der Waals surface area contributed by atoms with Gasteiger partial charge in [-0.05, 0) is 25.5 Å². The molecule has 0 heterocycles. The van der Waals surface area contributed by atoms with Gasteiger partial charge < -0.3 is 5.32 Å². The van der Waals surface area contributed by atoms with Crippen LogP contribution in [0.4, 0.5) is 0 Å². The average Bonchev–Trinajstić information content (AvgIpc) is 2.36. The molecule has 0 aliphatic heterocycles. The highest BCUT2D eigenvalue weighted by atomic mass is 16.2. The van der Waals surface area contributed by atoms with Crippen LogP contribution in [-0.2, 0) is 4.79 Å². The van der Waals surface area contributed by atoms with Crippen molar-refractivity contribution in [1.82, 2.24) is 5.32 Å². The van der Waals surface area contributed by atoms with Gasteiger partial charge >= 0.3 is 0 Å². The number of rotatable bonds is 6. The first-order chi connectivity index (χ1) is 8.15. The lowest BCUT2D eigenvalue weighted by Crippen LogP contribution is -2.38. The van der Waals surface area contributed by atoms with E-state index < -0.39 is 6.04 Å². The molecule has 1 unspecified atom stereocenters. The Labute approximate surface area is 102 Å². The molecule has 0 spiro atoms. The third-order valence-electron chi connectivity index (χ3n) is 2.64. The van der Waals surface area contributed by atoms with Crippen molar-refractivity contribution in [2.45, 2.75) is 39.2 Å². The van der Waals surface area contributed by atoms with Gasteiger partial charge in [-0.15, -0.1) is 0 Å². The number of hydrogen-bond acceptors (Lipinski definition) is 2. The molecule has 0 radical (unpaired) electrons. The lowest BCUT2D eigenvalue weighted by Gasteiger charge is -2.12. The minimum atomic E-state index is -0.408. The van der Waals surface area contributed by atoms with Gasteiger partial charge in [0.15, 0.2) is 5.78 Å². The third-order valence-corrected chi connectivity index (χ3v) is 2.64. The topological polar surface area (TPSA) is 46.2 Å². The Hall–Kier alpha value is -1.64. The summed E-state index contributed by atoms with van der Waals surface area (Å²) in [5.74, 6) is -0.0981. The summed E-state index contributed by atoms with van der Waals surface area (Å²) in [6.07, 6.45) is 2.40. The zero-order valence-electron chi connectivity index (χ0n) is 10.4. The van der Waals surface area contributed by atoms with Crippen molar-refractivity contribution in [3.05, 3.63) is 35.9 Å². The van der Waals surface area contributed by atoms with Crippen LogP contribution in [-0.4, -0.2) is 17.7 Å². The van der Waals surface area contributed by atoms with Gasteiger partial charge in [0.2, 0.25) is 0 Å². The van der Waals surface area contributed by atoms with Gasteiger partial charge in [0.1, 0.15) is 0 Å². The van der Waals surface area contributed by atoms with Crippen LogP contribution in [0.2, 0.25) is 0 Å². The summed E-state index contributed by atoms with van der Waals surface area (Å²) in [7, 11) is 0. The minimum absolute atomic E-state index is 0.0936. The van der Waals surface area contributed by atoms with Gasteiger partial charge in [0, 0.05) is 12.0 Å². The number of hydrogen-bond donors (Lipinski definition) is 1. The van der Waals surface area contributed by atoms with Crippen LogP contribution in [0.1, 0.15) is 43.5 Å². The summed E-state index contributed by atoms with van der Waals surface area (Å²) >= 11 is 0. The van der Waals surface area contributed by atoms with E-state index in [9.17, 15) is 9.59 Å². The minimum Gasteiger partial charge on any atom is -0.343 e. The van der Waals surface area contributed by atoms with Gasteiger partial charge in [0.25, 0.3) is 5.91 Å². The highest BCUT2D eigenvalue weighted by molar-refractivity contribution is 5.97. The molecule has 3 heteroatoms. The maximum atomic E-state index is 11.8. The molecule has 1 atom stereocenters. The molecule has 1 aromatic rings. The van der Waals surface area contributed by atoms with Crippen LogP contribution in [0, 0.1) is 0 Å². The zero-order chi connectivity index (χ0) is 12.7.